The lowest BCUT2D eigenvalue weighted by molar-refractivity contribution is -0.167. The van der Waals surface area contributed by atoms with Gasteiger partial charge in [-0.15, -0.1) is 0 Å². The Morgan fingerprint density at radius 1 is 0.323 bits per heavy atom. The monoisotopic (exact) mass is 911 g/mol. The van der Waals surface area contributed by atoms with Gasteiger partial charge in [-0.05, 0) is 77.0 Å². The summed E-state index contributed by atoms with van der Waals surface area (Å²) in [6, 6.07) is 0. The molecule has 0 aromatic heterocycles. The summed E-state index contributed by atoms with van der Waals surface area (Å²) in [5, 5.41) is 0. The van der Waals surface area contributed by atoms with Crippen LogP contribution in [0.5, 0.6) is 0 Å². The number of hydrogen-bond acceptors (Lipinski definition) is 6. The Bertz CT molecular complexity index is 1140. The number of allylic oxidation sites excluding steroid dienone is 8. The van der Waals surface area contributed by atoms with Crippen molar-refractivity contribution in [3.8, 4) is 0 Å². The van der Waals surface area contributed by atoms with Gasteiger partial charge in [-0.2, -0.15) is 0 Å². The van der Waals surface area contributed by atoms with Crippen LogP contribution in [0.3, 0.4) is 0 Å². The summed E-state index contributed by atoms with van der Waals surface area (Å²) < 4.78 is 16.9. The number of unbranched alkanes of at least 4 members (excludes halogenated alkanes) is 32. The molecule has 65 heavy (non-hydrogen) atoms. The number of carbonyl (C=O) groups excluding carboxylic acids is 3. The van der Waals surface area contributed by atoms with Crippen LogP contribution >= 0.6 is 0 Å². The van der Waals surface area contributed by atoms with Gasteiger partial charge in [0.1, 0.15) is 13.2 Å². The third-order valence-electron chi connectivity index (χ3n) is 12.3. The van der Waals surface area contributed by atoms with Crippen molar-refractivity contribution in [3.05, 3.63) is 48.6 Å². The quantitative estimate of drug-likeness (QED) is 0.0262. The van der Waals surface area contributed by atoms with Crippen LogP contribution in [-0.2, 0) is 28.6 Å². The molecule has 0 aliphatic carbocycles. The van der Waals surface area contributed by atoms with Crippen LogP contribution in [0.4, 0.5) is 0 Å². The van der Waals surface area contributed by atoms with Gasteiger partial charge in [0, 0.05) is 19.3 Å². The molecule has 0 bridgehead atoms. The standard InChI is InChI=1S/C59H106O6/c1-4-7-10-13-16-19-22-25-28-30-32-34-37-40-43-46-49-52-58(61)64-55-56(54-63-57(60)51-48-45-42-39-36-33-27-24-21-18-15-12-9-6-3)65-59(62)53-50-47-44-41-38-35-31-29-26-23-20-17-14-11-8-5-2/h9,12,16,18-19,21,25,28,56H,4-8,10-11,13-15,17,20,22-24,26-27,29-55H2,1-3H3/b12-9-,19-16-,21-18-,28-25-. The molecule has 0 N–H and O–H groups in total. The van der Waals surface area contributed by atoms with E-state index in [1.165, 1.54) is 161 Å². The molecule has 0 fully saturated rings. The van der Waals surface area contributed by atoms with Crippen molar-refractivity contribution in [3.63, 3.8) is 0 Å². The fourth-order valence-corrected chi connectivity index (χ4v) is 8.10. The summed E-state index contributed by atoms with van der Waals surface area (Å²) in [5.41, 5.74) is 0. The smallest absolute Gasteiger partial charge is 0.306 e. The minimum atomic E-state index is -0.777. The van der Waals surface area contributed by atoms with E-state index in [1.807, 2.05) is 0 Å². The molecule has 378 valence electrons. The minimum absolute atomic E-state index is 0.0772. The lowest BCUT2D eigenvalue weighted by Gasteiger charge is -2.18. The van der Waals surface area contributed by atoms with Gasteiger partial charge in [0.2, 0.25) is 0 Å². The van der Waals surface area contributed by atoms with Crippen LogP contribution in [-0.4, -0.2) is 37.2 Å². The maximum absolute atomic E-state index is 12.8. The summed E-state index contributed by atoms with van der Waals surface area (Å²) in [4.78, 5) is 38.1. The van der Waals surface area contributed by atoms with Gasteiger partial charge in [0.25, 0.3) is 0 Å². The van der Waals surface area contributed by atoms with Gasteiger partial charge in [-0.25, -0.2) is 0 Å². The van der Waals surface area contributed by atoms with E-state index >= 15 is 0 Å². The third kappa shape index (κ3) is 52.2. The van der Waals surface area contributed by atoms with E-state index in [0.717, 1.165) is 89.9 Å². The molecule has 0 rings (SSSR count). The molecule has 0 radical (unpaired) electrons. The second-order valence-electron chi connectivity index (χ2n) is 18.8. The van der Waals surface area contributed by atoms with Gasteiger partial charge in [-0.3, -0.25) is 14.4 Å². The van der Waals surface area contributed by atoms with E-state index in [-0.39, 0.29) is 31.1 Å². The SMILES string of the molecule is CC/C=C\C/C=C\CCCCCCCCCC(=O)OCC(COC(=O)CCCCCCCCC/C=C\C/C=C\CCCCC)OC(=O)CCCCCCCCCCCCCCCCCC. The zero-order valence-electron chi connectivity index (χ0n) is 43.3. The summed E-state index contributed by atoms with van der Waals surface area (Å²) >= 11 is 0. The Hall–Kier alpha value is -2.63. The topological polar surface area (TPSA) is 78.9 Å². The van der Waals surface area contributed by atoms with Gasteiger partial charge < -0.3 is 14.2 Å². The molecule has 1 atom stereocenters. The molecule has 0 spiro atoms. The van der Waals surface area contributed by atoms with Crippen molar-refractivity contribution >= 4 is 17.9 Å². The molecular weight excluding hydrogens is 805 g/mol. The van der Waals surface area contributed by atoms with E-state index in [9.17, 15) is 14.4 Å². The molecule has 6 heteroatoms. The first kappa shape index (κ1) is 62.4. The fourth-order valence-electron chi connectivity index (χ4n) is 8.10. The summed E-state index contributed by atoms with van der Waals surface area (Å²) in [7, 11) is 0. The number of carbonyl (C=O) groups is 3. The Balaban J connectivity index is 4.36. The molecule has 0 aromatic rings. The number of esters is 3. The Morgan fingerprint density at radius 2 is 0.600 bits per heavy atom. The first-order valence-electron chi connectivity index (χ1n) is 28.1. The van der Waals surface area contributed by atoms with Crippen molar-refractivity contribution in [2.45, 2.75) is 297 Å². The molecule has 0 aliphatic rings. The van der Waals surface area contributed by atoms with Gasteiger partial charge in [0.15, 0.2) is 6.10 Å². The van der Waals surface area contributed by atoms with E-state index in [4.69, 9.17) is 14.2 Å². The van der Waals surface area contributed by atoms with Crippen LogP contribution < -0.4 is 0 Å². The second kappa shape index (κ2) is 54.0. The summed E-state index contributed by atoms with van der Waals surface area (Å²) in [6.07, 6.45) is 65.2. The normalized spacial score (nSPS) is 12.4. The zero-order valence-corrected chi connectivity index (χ0v) is 43.3. The van der Waals surface area contributed by atoms with Crippen molar-refractivity contribution in [2.24, 2.45) is 0 Å². The average Bonchev–Trinajstić information content (AvgIpc) is 3.30. The van der Waals surface area contributed by atoms with Crippen molar-refractivity contribution < 1.29 is 28.6 Å². The van der Waals surface area contributed by atoms with Crippen LogP contribution in [0, 0.1) is 0 Å². The van der Waals surface area contributed by atoms with E-state index < -0.39 is 6.10 Å². The summed E-state index contributed by atoms with van der Waals surface area (Å²) in [6.45, 7) is 6.53. The average molecular weight is 911 g/mol. The maximum atomic E-state index is 12.8. The Kier molecular flexibility index (Phi) is 51.8. The molecular formula is C59H106O6. The van der Waals surface area contributed by atoms with E-state index in [2.05, 4.69) is 69.4 Å². The van der Waals surface area contributed by atoms with E-state index in [1.54, 1.807) is 0 Å². The van der Waals surface area contributed by atoms with Crippen molar-refractivity contribution in [1.82, 2.24) is 0 Å². The van der Waals surface area contributed by atoms with Crippen molar-refractivity contribution in [1.29, 1.82) is 0 Å². The molecule has 1 unspecified atom stereocenters. The Morgan fingerprint density at radius 3 is 0.954 bits per heavy atom. The predicted molar refractivity (Wildman–Crippen MR) is 279 cm³/mol. The van der Waals surface area contributed by atoms with Crippen LogP contribution in [0.2, 0.25) is 0 Å². The zero-order chi connectivity index (χ0) is 47.2. The largest absolute Gasteiger partial charge is 0.462 e. The van der Waals surface area contributed by atoms with Crippen LogP contribution in [0.25, 0.3) is 0 Å². The lowest BCUT2D eigenvalue weighted by atomic mass is 10.0. The molecule has 0 aromatic carbocycles. The maximum Gasteiger partial charge on any atom is 0.306 e. The highest BCUT2D eigenvalue weighted by molar-refractivity contribution is 5.71. The lowest BCUT2D eigenvalue weighted by Crippen LogP contribution is -2.30. The highest BCUT2D eigenvalue weighted by Crippen LogP contribution is 2.16. The predicted octanol–water partition coefficient (Wildman–Crippen LogP) is 18.7. The number of hydrogen-bond donors (Lipinski definition) is 0. The molecule has 0 aliphatic heterocycles. The highest BCUT2D eigenvalue weighted by atomic mass is 16.6. The van der Waals surface area contributed by atoms with E-state index in [0.29, 0.717) is 19.3 Å². The number of rotatable bonds is 51. The van der Waals surface area contributed by atoms with Crippen molar-refractivity contribution in [2.75, 3.05) is 13.2 Å². The summed E-state index contributed by atoms with van der Waals surface area (Å²) in [5.74, 6) is -0.879. The fraction of sp³-hybridized carbons (Fsp3) is 0.814. The molecule has 6 nitrogen and oxygen atoms in total. The first-order chi connectivity index (χ1) is 32.0. The second-order valence-corrected chi connectivity index (χ2v) is 18.8. The molecule has 0 amide bonds. The molecule has 0 saturated heterocycles. The Labute approximate surface area is 403 Å². The number of ether oxygens (including phenoxy) is 3. The highest BCUT2D eigenvalue weighted by Gasteiger charge is 2.19. The minimum Gasteiger partial charge on any atom is -0.462 e. The van der Waals surface area contributed by atoms with Gasteiger partial charge in [0.05, 0.1) is 0 Å². The molecule has 0 saturated carbocycles. The molecule has 0 heterocycles. The van der Waals surface area contributed by atoms with Gasteiger partial charge >= 0.3 is 17.9 Å². The van der Waals surface area contributed by atoms with Crippen LogP contribution in [0.15, 0.2) is 48.6 Å². The third-order valence-corrected chi connectivity index (χ3v) is 12.3. The van der Waals surface area contributed by atoms with Gasteiger partial charge in [-0.1, -0.05) is 243 Å². The first-order valence-corrected chi connectivity index (χ1v) is 28.1. The van der Waals surface area contributed by atoms with Crippen LogP contribution in [0.1, 0.15) is 290 Å².